The fraction of sp³-hybridized carbons (Fsp3) is 0.222. The van der Waals surface area contributed by atoms with E-state index in [0.717, 1.165) is 11.1 Å². The molecule has 0 spiro atoms. The first kappa shape index (κ1) is 22.0. The van der Waals surface area contributed by atoms with E-state index in [2.05, 4.69) is 15.6 Å². The molecule has 0 unspecified atom stereocenters. The zero-order valence-electron chi connectivity index (χ0n) is 14.4. The van der Waals surface area contributed by atoms with E-state index in [4.69, 9.17) is 22.1 Å². The summed E-state index contributed by atoms with van der Waals surface area (Å²) in [5, 5.41) is 7.17. The summed E-state index contributed by atoms with van der Waals surface area (Å²) in [6.45, 7) is 1.06. The average molecular weight is 489 g/mol. The van der Waals surface area contributed by atoms with E-state index in [0.29, 0.717) is 29.8 Å². The smallest absolute Gasteiger partial charge is 0.255 e. The number of amides is 1. The summed E-state index contributed by atoms with van der Waals surface area (Å²) >= 11 is 5.88. The number of benzene rings is 2. The van der Waals surface area contributed by atoms with Crippen LogP contribution in [-0.4, -0.2) is 25.5 Å². The van der Waals surface area contributed by atoms with E-state index >= 15 is 0 Å². The molecule has 2 rings (SSSR count). The summed E-state index contributed by atoms with van der Waals surface area (Å²) < 4.78 is 5.30. The van der Waals surface area contributed by atoms with Crippen molar-refractivity contribution in [1.29, 1.82) is 0 Å². The number of rotatable bonds is 7. The molecule has 140 valence electrons. The first-order valence-electron chi connectivity index (χ1n) is 7.76. The van der Waals surface area contributed by atoms with Gasteiger partial charge in [-0.1, -0.05) is 35.9 Å². The molecule has 26 heavy (non-hydrogen) atoms. The normalized spacial score (nSPS) is 10.6. The Morgan fingerprint density at radius 3 is 2.38 bits per heavy atom. The van der Waals surface area contributed by atoms with Gasteiger partial charge in [0.05, 0.1) is 0 Å². The molecule has 0 aliphatic rings. The molecule has 0 radical (unpaired) electrons. The summed E-state index contributed by atoms with van der Waals surface area (Å²) in [5.41, 5.74) is 7.18. The molecule has 8 heteroatoms. The number of aliphatic imine (C=N–C) groups is 1. The van der Waals surface area contributed by atoms with Gasteiger partial charge in [-0.15, -0.1) is 24.0 Å². The molecule has 0 saturated carbocycles. The molecule has 0 aromatic heterocycles. The second-order valence-electron chi connectivity index (χ2n) is 5.31. The second kappa shape index (κ2) is 11.6. The molecule has 0 heterocycles. The van der Waals surface area contributed by atoms with Crippen molar-refractivity contribution in [3.8, 4) is 5.75 Å². The Kier molecular flexibility index (Phi) is 9.82. The number of ether oxygens (including phenoxy) is 1. The Morgan fingerprint density at radius 2 is 1.77 bits per heavy atom. The molecule has 0 aliphatic carbocycles. The van der Waals surface area contributed by atoms with Gasteiger partial charge in [0.25, 0.3) is 5.91 Å². The van der Waals surface area contributed by atoms with Crippen molar-refractivity contribution in [2.75, 3.05) is 13.7 Å². The number of nitrogens with one attached hydrogen (secondary N) is 2. The lowest BCUT2D eigenvalue weighted by Crippen LogP contribution is -2.36. The zero-order chi connectivity index (χ0) is 18.1. The number of hydrogen-bond donors (Lipinski definition) is 3. The number of nitrogens with two attached hydrogens (primary N) is 1. The van der Waals surface area contributed by atoms with E-state index in [-0.39, 0.29) is 30.6 Å². The van der Waals surface area contributed by atoms with Crippen LogP contribution in [0.1, 0.15) is 11.1 Å². The fourth-order valence-electron chi connectivity index (χ4n) is 2.09. The third kappa shape index (κ3) is 7.92. The third-order valence-corrected chi connectivity index (χ3v) is 3.59. The lowest BCUT2D eigenvalue weighted by molar-refractivity contribution is -0.119. The van der Waals surface area contributed by atoms with Crippen molar-refractivity contribution < 1.29 is 9.53 Å². The van der Waals surface area contributed by atoms with Crippen molar-refractivity contribution in [2.45, 2.75) is 13.1 Å². The van der Waals surface area contributed by atoms with Crippen molar-refractivity contribution in [1.82, 2.24) is 10.6 Å². The maximum atomic E-state index is 10.8. The minimum atomic E-state index is -0.504. The molecule has 4 N–H and O–H groups in total. The molecule has 2 aromatic rings. The molecule has 6 nitrogen and oxygen atoms in total. The Morgan fingerprint density at radius 1 is 1.12 bits per heavy atom. The summed E-state index contributed by atoms with van der Waals surface area (Å²) in [6.07, 6.45) is 0. The number of carbonyl (C=O) groups is 1. The molecule has 0 aliphatic heterocycles. The highest BCUT2D eigenvalue weighted by Gasteiger charge is 2.02. The maximum Gasteiger partial charge on any atom is 0.255 e. The number of carbonyl (C=O) groups excluding carboxylic acids is 1. The summed E-state index contributed by atoms with van der Waals surface area (Å²) in [6, 6.07) is 15.1. The standard InChI is InChI=1S/C18H21ClN4O2.HI/c1-21-18(22-10-13-5-7-15(19)8-6-13)23-11-14-3-2-4-16(9-14)25-12-17(20)24;/h2-9H,10-12H2,1H3,(H2,20,24)(H2,21,22,23);1H. The maximum absolute atomic E-state index is 10.8. The van der Waals surface area contributed by atoms with Crippen LogP contribution < -0.4 is 21.1 Å². The van der Waals surface area contributed by atoms with E-state index in [1.54, 1.807) is 13.1 Å². The highest BCUT2D eigenvalue weighted by Crippen LogP contribution is 2.13. The van der Waals surface area contributed by atoms with Crippen molar-refractivity contribution in [3.05, 3.63) is 64.7 Å². The topological polar surface area (TPSA) is 88.7 Å². The predicted octanol–water partition coefficient (Wildman–Crippen LogP) is 2.69. The van der Waals surface area contributed by atoms with Gasteiger partial charge in [-0.3, -0.25) is 9.79 Å². The minimum absolute atomic E-state index is 0. The quantitative estimate of drug-likeness (QED) is 0.318. The first-order valence-corrected chi connectivity index (χ1v) is 8.13. The van der Waals surface area contributed by atoms with Crippen LogP contribution in [0.3, 0.4) is 0 Å². The van der Waals surface area contributed by atoms with E-state index in [9.17, 15) is 4.79 Å². The van der Waals surface area contributed by atoms with Crippen molar-refractivity contribution >= 4 is 47.4 Å². The number of primary amides is 1. The Labute approximate surface area is 175 Å². The lowest BCUT2D eigenvalue weighted by atomic mass is 10.2. The Bertz CT molecular complexity index is 738. The van der Waals surface area contributed by atoms with Crippen LogP contribution in [0.15, 0.2) is 53.5 Å². The molecule has 0 atom stereocenters. The number of guanidine groups is 1. The van der Waals surface area contributed by atoms with E-state index in [1.807, 2.05) is 42.5 Å². The molecule has 2 aromatic carbocycles. The summed E-state index contributed by atoms with van der Waals surface area (Å²) in [5.74, 6) is 0.774. The SMILES string of the molecule is CN=C(NCc1ccc(Cl)cc1)NCc1cccc(OCC(N)=O)c1.I. The van der Waals surface area contributed by atoms with Gasteiger partial charge >= 0.3 is 0 Å². The van der Waals surface area contributed by atoms with Gasteiger partial charge in [0.2, 0.25) is 0 Å². The van der Waals surface area contributed by atoms with Gasteiger partial charge in [-0.05, 0) is 35.4 Å². The lowest BCUT2D eigenvalue weighted by Gasteiger charge is -2.13. The fourth-order valence-corrected chi connectivity index (χ4v) is 2.22. The Hall–Kier alpha value is -2.00. The average Bonchev–Trinajstić information content (AvgIpc) is 2.62. The van der Waals surface area contributed by atoms with Gasteiger partial charge in [0, 0.05) is 25.2 Å². The molecule has 0 bridgehead atoms. The molecular weight excluding hydrogens is 467 g/mol. The van der Waals surface area contributed by atoms with Gasteiger partial charge in [-0.25, -0.2) is 0 Å². The molecule has 1 amide bonds. The Balaban J connectivity index is 0.00000338. The van der Waals surface area contributed by atoms with Crippen molar-refractivity contribution in [2.24, 2.45) is 10.7 Å². The van der Waals surface area contributed by atoms with Crippen LogP contribution in [0, 0.1) is 0 Å². The van der Waals surface area contributed by atoms with Crippen LogP contribution in [0.2, 0.25) is 5.02 Å². The van der Waals surface area contributed by atoms with Crippen LogP contribution >= 0.6 is 35.6 Å². The summed E-state index contributed by atoms with van der Waals surface area (Å²) in [4.78, 5) is 15.0. The van der Waals surface area contributed by atoms with Gasteiger partial charge < -0.3 is 21.1 Å². The highest BCUT2D eigenvalue weighted by atomic mass is 127. The molecule has 0 fully saturated rings. The van der Waals surface area contributed by atoms with Gasteiger partial charge in [-0.2, -0.15) is 0 Å². The molecular formula is C18H22ClIN4O2. The number of nitrogens with zero attached hydrogens (tertiary/aromatic N) is 1. The minimum Gasteiger partial charge on any atom is -0.484 e. The third-order valence-electron chi connectivity index (χ3n) is 3.34. The van der Waals surface area contributed by atoms with Crippen LogP contribution in [-0.2, 0) is 17.9 Å². The number of hydrogen-bond acceptors (Lipinski definition) is 3. The summed E-state index contributed by atoms with van der Waals surface area (Å²) in [7, 11) is 1.71. The van der Waals surface area contributed by atoms with Gasteiger partial charge in [0.15, 0.2) is 12.6 Å². The van der Waals surface area contributed by atoms with Crippen LogP contribution in [0.5, 0.6) is 5.75 Å². The highest BCUT2D eigenvalue weighted by molar-refractivity contribution is 14.0. The van der Waals surface area contributed by atoms with E-state index < -0.39 is 5.91 Å². The number of halogens is 2. The first-order chi connectivity index (χ1) is 12.1. The van der Waals surface area contributed by atoms with Gasteiger partial charge in [0.1, 0.15) is 5.75 Å². The van der Waals surface area contributed by atoms with Crippen LogP contribution in [0.4, 0.5) is 0 Å². The van der Waals surface area contributed by atoms with E-state index in [1.165, 1.54) is 0 Å². The van der Waals surface area contributed by atoms with Crippen molar-refractivity contribution in [3.63, 3.8) is 0 Å². The molecule has 0 saturated heterocycles. The largest absolute Gasteiger partial charge is 0.484 e. The zero-order valence-corrected chi connectivity index (χ0v) is 17.5. The second-order valence-corrected chi connectivity index (χ2v) is 5.74. The monoisotopic (exact) mass is 488 g/mol. The van der Waals surface area contributed by atoms with Crippen LogP contribution in [0.25, 0.3) is 0 Å². The predicted molar refractivity (Wildman–Crippen MR) is 115 cm³/mol.